The van der Waals surface area contributed by atoms with Crippen molar-refractivity contribution < 1.29 is 9.13 Å². The highest BCUT2D eigenvalue weighted by atomic mass is 32.1. The number of halogens is 1. The largest absolute Gasteiger partial charge is 0.435 e. The van der Waals surface area contributed by atoms with Gasteiger partial charge in [0, 0.05) is 5.69 Å². The molecule has 2 aromatic rings. The van der Waals surface area contributed by atoms with Crippen molar-refractivity contribution in [3.63, 3.8) is 0 Å². The molecule has 1 heterocycles. The van der Waals surface area contributed by atoms with E-state index in [9.17, 15) is 4.39 Å². The molecular formula is C14H13FN2OS. The molecule has 0 spiro atoms. The van der Waals surface area contributed by atoms with Crippen molar-refractivity contribution in [2.24, 2.45) is 5.73 Å². The van der Waals surface area contributed by atoms with Gasteiger partial charge in [0.2, 0.25) is 5.88 Å². The minimum Gasteiger partial charge on any atom is -0.435 e. The standard InChI is InChI=1S/C14H13FN2OS/c1-8-3-6-11(15)12(7-8)18-14-10(13(16)19)5-4-9(2)17-14/h3-7H,1-2H3,(H2,16,19). The summed E-state index contributed by atoms with van der Waals surface area (Å²) in [6, 6.07) is 8.10. The Morgan fingerprint density at radius 1 is 1.26 bits per heavy atom. The maximum absolute atomic E-state index is 13.7. The van der Waals surface area contributed by atoms with Crippen LogP contribution in [0.3, 0.4) is 0 Å². The van der Waals surface area contributed by atoms with Crippen LogP contribution in [0.5, 0.6) is 11.6 Å². The van der Waals surface area contributed by atoms with Crippen molar-refractivity contribution in [2.75, 3.05) is 0 Å². The lowest BCUT2D eigenvalue weighted by atomic mass is 10.2. The molecule has 0 unspecified atom stereocenters. The van der Waals surface area contributed by atoms with E-state index in [4.69, 9.17) is 22.7 Å². The van der Waals surface area contributed by atoms with E-state index >= 15 is 0 Å². The zero-order valence-electron chi connectivity index (χ0n) is 10.6. The lowest BCUT2D eigenvalue weighted by Gasteiger charge is -2.11. The van der Waals surface area contributed by atoms with Crippen molar-refractivity contribution in [3.05, 3.63) is 53.0 Å². The lowest BCUT2D eigenvalue weighted by Crippen LogP contribution is -2.12. The van der Waals surface area contributed by atoms with E-state index in [-0.39, 0.29) is 16.6 Å². The number of benzene rings is 1. The van der Waals surface area contributed by atoms with Gasteiger partial charge < -0.3 is 10.5 Å². The zero-order valence-corrected chi connectivity index (χ0v) is 11.4. The molecule has 0 atom stereocenters. The van der Waals surface area contributed by atoms with E-state index < -0.39 is 5.82 Å². The van der Waals surface area contributed by atoms with Gasteiger partial charge in [-0.05, 0) is 43.7 Å². The Kier molecular flexibility index (Phi) is 3.76. The third kappa shape index (κ3) is 3.06. The Bertz CT molecular complexity index is 643. The van der Waals surface area contributed by atoms with Gasteiger partial charge in [-0.25, -0.2) is 9.37 Å². The molecular weight excluding hydrogens is 263 g/mol. The molecule has 0 radical (unpaired) electrons. The van der Waals surface area contributed by atoms with Crippen LogP contribution in [0, 0.1) is 19.7 Å². The second kappa shape index (κ2) is 5.32. The molecule has 0 aliphatic rings. The molecule has 0 aliphatic heterocycles. The number of nitrogens with two attached hydrogens (primary N) is 1. The summed E-state index contributed by atoms with van der Waals surface area (Å²) in [6.07, 6.45) is 0. The molecule has 0 saturated heterocycles. The van der Waals surface area contributed by atoms with Crippen molar-refractivity contribution >= 4 is 17.2 Å². The van der Waals surface area contributed by atoms with Gasteiger partial charge in [-0.1, -0.05) is 18.3 Å². The Balaban J connectivity index is 2.45. The van der Waals surface area contributed by atoms with Crippen molar-refractivity contribution in [3.8, 4) is 11.6 Å². The molecule has 0 amide bonds. The summed E-state index contributed by atoms with van der Waals surface area (Å²) in [5.41, 5.74) is 7.72. The highest BCUT2D eigenvalue weighted by Crippen LogP contribution is 2.27. The third-order valence-electron chi connectivity index (χ3n) is 2.56. The van der Waals surface area contributed by atoms with Crippen molar-refractivity contribution in [1.29, 1.82) is 0 Å². The number of hydrogen-bond donors (Lipinski definition) is 1. The topological polar surface area (TPSA) is 48.1 Å². The molecule has 2 rings (SSSR count). The summed E-state index contributed by atoms with van der Waals surface area (Å²) in [5.74, 6) is -0.129. The van der Waals surface area contributed by atoms with E-state index in [0.29, 0.717) is 5.56 Å². The minimum absolute atomic E-state index is 0.107. The van der Waals surface area contributed by atoms with Crippen LogP contribution in [-0.4, -0.2) is 9.97 Å². The second-order valence-corrected chi connectivity index (χ2v) is 4.65. The van der Waals surface area contributed by atoms with E-state index in [1.807, 2.05) is 13.8 Å². The number of thiocarbonyl (C=S) groups is 1. The molecule has 5 heteroatoms. The Morgan fingerprint density at radius 2 is 2.00 bits per heavy atom. The summed E-state index contributed by atoms with van der Waals surface area (Å²) in [5, 5.41) is 0. The SMILES string of the molecule is Cc1ccc(F)c(Oc2nc(C)ccc2C(N)=S)c1. The van der Waals surface area contributed by atoms with Crippen molar-refractivity contribution in [1.82, 2.24) is 4.98 Å². The molecule has 1 aromatic carbocycles. The van der Waals surface area contributed by atoms with Crippen LogP contribution in [-0.2, 0) is 0 Å². The van der Waals surface area contributed by atoms with Crippen LogP contribution in [0.15, 0.2) is 30.3 Å². The average Bonchev–Trinajstić information content (AvgIpc) is 2.33. The fourth-order valence-corrected chi connectivity index (χ4v) is 1.75. The number of nitrogens with zero attached hydrogens (tertiary/aromatic N) is 1. The van der Waals surface area contributed by atoms with Gasteiger partial charge >= 0.3 is 0 Å². The summed E-state index contributed by atoms with van der Waals surface area (Å²) in [7, 11) is 0. The Labute approximate surface area is 116 Å². The number of ether oxygens (including phenoxy) is 1. The monoisotopic (exact) mass is 276 g/mol. The number of rotatable bonds is 3. The van der Waals surface area contributed by atoms with E-state index in [1.165, 1.54) is 6.07 Å². The molecule has 0 aliphatic carbocycles. The maximum Gasteiger partial charge on any atom is 0.229 e. The van der Waals surface area contributed by atoms with Crippen LogP contribution < -0.4 is 10.5 Å². The molecule has 0 saturated carbocycles. The second-order valence-electron chi connectivity index (χ2n) is 4.21. The van der Waals surface area contributed by atoms with Gasteiger partial charge in [0.1, 0.15) is 4.99 Å². The highest BCUT2D eigenvalue weighted by molar-refractivity contribution is 7.80. The fraction of sp³-hybridized carbons (Fsp3) is 0.143. The summed E-state index contributed by atoms with van der Waals surface area (Å²) in [4.78, 5) is 4.37. The van der Waals surface area contributed by atoms with E-state index in [2.05, 4.69) is 4.98 Å². The van der Waals surface area contributed by atoms with E-state index in [1.54, 1.807) is 24.3 Å². The summed E-state index contributed by atoms with van der Waals surface area (Å²) in [6.45, 7) is 3.66. The molecule has 19 heavy (non-hydrogen) atoms. The summed E-state index contributed by atoms with van der Waals surface area (Å²) >= 11 is 4.93. The predicted molar refractivity (Wildman–Crippen MR) is 76.1 cm³/mol. The molecule has 2 N–H and O–H groups in total. The van der Waals surface area contributed by atoms with Crippen LogP contribution in [0.25, 0.3) is 0 Å². The summed E-state index contributed by atoms with van der Waals surface area (Å²) < 4.78 is 19.2. The van der Waals surface area contributed by atoms with Crippen LogP contribution >= 0.6 is 12.2 Å². The Hall–Kier alpha value is -2.01. The average molecular weight is 276 g/mol. The van der Waals surface area contributed by atoms with Gasteiger partial charge in [-0.15, -0.1) is 0 Å². The van der Waals surface area contributed by atoms with Gasteiger partial charge in [-0.2, -0.15) is 0 Å². The first-order chi connectivity index (χ1) is 8.97. The number of hydrogen-bond acceptors (Lipinski definition) is 3. The number of pyridine rings is 1. The van der Waals surface area contributed by atoms with Gasteiger partial charge in [0.15, 0.2) is 11.6 Å². The normalized spacial score (nSPS) is 10.3. The molecule has 3 nitrogen and oxygen atoms in total. The van der Waals surface area contributed by atoms with Crippen molar-refractivity contribution in [2.45, 2.75) is 13.8 Å². The number of aromatic nitrogens is 1. The van der Waals surface area contributed by atoms with Crippen LogP contribution in [0.4, 0.5) is 4.39 Å². The quantitative estimate of drug-likeness (QED) is 0.874. The van der Waals surface area contributed by atoms with Crippen LogP contribution in [0.1, 0.15) is 16.8 Å². The third-order valence-corrected chi connectivity index (χ3v) is 2.78. The molecule has 0 bridgehead atoms. The first-order valence-corrected chi connectivity index (χ1v) is 6.09. The fourth-order valence-electron chi connectivity index (χ4n) is 1.59. The smallest absolute Gasteiger partial charge is 0.229 e. The van der Waals surface area contributed by atoms with Gasteiger partial charge in [0.05, 0.1) is 5.56 Å². The van der Waals surface area contributed by atoms with Gasteiger partial charge in [0.25, 0.3) is 0 Å². The zero-order chi connectivity index (χ0) is 14.0. The maximum atomic E-state index is 13.7. The lowest BCUT2D eigenvalue weighted by molar-refractivity contribution is 0.425. The minimum atomic E-state index is -0.456. The Morgan fingerprint density at radius 3 is 2.68 bits per heavy atom. The highest BCUT2D eigenvalue weighted by Gasteiger charge is 2.12. The molecule has 0 fully saturated rings. The molecule has 98 valence electrons. The number of aryl methyl sites for hydroxylation is 2. The van der Waals surface area contributed by atoms with Gasteiger partial charge in [-0.3, -0.25) is 0 Å². The first-order valence-electron chi connectivity index (χ1n) is 5.69. The molecule has 1 aromatic heterocycles. The first kappa shape index (κ1) is 13.4. The van der Waals surface area contributed by atoms with Crippen LogP contribution in [0.2, 0.25) is 0 Å². The van der Waals surface area contributed by atoms with E-state index in [0.717, 1.165) is 11.3 Å². The predicted octanol–water partition coefficient (Wildman–Crippen LogP) is 3.26.